The van der Waals surface area contributed by atoms with Crippen LogP contribution in [0.5, 0.6) is 0 Å². The smallest absolute Gasteiger partial charge is 0.267 e. The van der Waals surface area contributed by atoms with E-state index in [0.717, 1.165) is 16.2 Å². The molecule has 118 valence electrons. The zero-order valence-corrected chi connectivity index (χ0v) is 13.3. The topological polar surface area (TPSA) is 97.3 Å². The van der Waals surface area contributed by atoms with E-state index in [-0.39, 0.29) is 5.56 Å². The number of aromatic amines is 1. The van der Waals surface area contributed by atoms with Gasteiger partial charge < -0.3 is 0 Å². The Morgan fingerprint density at radius 3 is 2.79 bits per heavy atom. The number of aromatic nitrogens is 6. The normalized spacial score (nSPS) is 11.0. The number of aryl methyl sites for hydroxylation is 2. The van der Waals surface area contributed by atoms with Crippen molar-refractivity contribution >= 4 is 21.4 Å². The molecule has 0 radical (unpaired) electrons. The molecule has 0 saturated carbocycles. The van der Waals surface area contributed by atoms with Crippen molar-refractivity contribution in [1.82, 2.24) is 30.6 Å². The summed E-state index contributed by atoms with van der Waals surface area (Å²) in [6.07, 6.45) is 1.37. The number of rotatable bonds is 4. The molecule has 0 unspecified atom stereocenters. The van der Waals surface area contributed by atoms with Gasteiger partial charge >= 0.3 is 0 Å². The number of tetrazole rings is 1. The van der Waals surface area contributed by atoms with E-state index in [2.05, 4.69) is 30.6 Å². The highest BCUT2D eigenvalue weighted by atomic mass is 32.1. The molecule has 0 fully saturated rings. The first-order chi connectivity index (χ1) is 11.8. The van der Waals surface area contributed by atoms with Crippen molar-refractivity contribution in [3.8, 4) is 10.7 Å². The molecule has 0 aliphatic heterocycles. The fourth-order valence-electron chi connectivity index (χ4n) is 2.39. The zero-order valence-electron chi connectivity index (χ0n) is 12.5. The number of pyridine rings is 1. The standard InChI is InChI=1S/C16H12N6OS/c23-15-11-5-1-2-7-13(11)24-16(18-15)12-6-3-4-10(17-12)8-9-14-19-21-22-20-14/h1-7H,8-9H2,(H,19,20,21,22). The molecule has 1 N–H and O–H groups in total. The predicted molar refractivity (Wildman–Crippen MR) is 90.7 cm³/mol. The summed E-state index contributed by atoms with van der Waals surface area (Å²) < 4.78 is 0.910. The number of nitrogens with one attached hydrogen (secondary N) is 1. The number of benzene rings is 1. The Balaban J connectivity index is 1.67. The minimum atomic E-state index is -0.223. The molecular formula is C16H12N6OS. The van der Waals surface area contributed by atoms with Crippen LogP contribution in [0.4, 0.5) is 0 Å². The Morgan fingerprint density at radius 1 is 1.00 bits per heavy atom. The summed E-state index contributed by atoms with van der Waals surface area (Å²) in [6, 6.07) is 13.2. The van der Waals surface area contributed by atoms with Gasteiger partial charge in [-0.15, -0.1) is 16.4 Å². The lowest BCUT2D eigenvalue weighted by molar-refractivity contribution is 0.841. The zero-order chi connectivity index (χ0) is 16.4. The van der Waals surface area contributed by atoms with E-state index in [9.17, 15) is 4.79 Å². The lowest BCUT2D eigenvalue weighted by atomic mass is 10.2. The highest BCUT2D eigenvalue weighted by Crippen LogP contribution is 2.24. The van der Waals surface area contributed by atoms with E-state index in [1.165, 1.54) is 11.3 Å². The summed E-state index contributed by atoms with van der Waals surface area (Å²) in [4.78, 5) is 21.0. The van der Waals surface area contributed by atoms with E-state index in [1.807, 2.05) is 36.4 Å². The fraction of sp³-hybridized carbons (Fsp3) is 0.125. The van der Waals surface area contributed by atoms with E-state index < -0.39 is 0 Å². The van der Waals surface area contributed by atoms with Crippen LogP contribution in [0.25, 0.3) is 20.8 Å². The third-order valence-electron chi connectivity index (χ3n) is 3.56. The van der Waals surface area contributed by atoms with Crippen LogP contribution in [0, 0.1) is 0 Å². The molecule has 0 atom stereocenters. The summed E-state index contributed by atoms with van der Waals surface area (Å²) in [7, 11) is 0. The molecule has 0 bridgehead atoms. The Hall–Kier alpha value is -3.00. The summed E-state index contributed by atoms with van der Waals surface area (Å²) in [6.45, 7) is 0. The molecule has 3 heterocycles. The van der Waals surface area contributed by atoms with Crippen molar-refractivity contribution in [1.29, 1.82) is 0 Å². The molecule has 0 aliphatic carbocycles. The van der Waals surface area contributed by atoms with E-state index in [4.69, 9.17) is 0 Å². The maximum absolute atomic E-state index is 12.2. The minimum absolute atomic E-state index is 0.223. The van der Waals surface area contributed by atoms with Crippen LogP contribution >= 0.6 is 11.3 Å². The Bertz CT molecular complexity index is 1040. The van der Waals surface area contributed by atoms with Crippen molar-refractivity contribution < 1.29 is 0 Å². The van der Waals surface area contributed by atoms with Crippen LogP contribution in [-0.4, -0.2) is 30.6 Å². The fourth-order valence-corrected chi connectivity index (χ4v) is 3.36. The van der Waals surface area contributed by atoms with Gasteiger partial charge in [0.15, 0.2) is 0 Å². The van der Waals surface area contributed by atoms with Gasteiger partial charge in [0.25, 0.3) is 5.56 Å². The lowest BCUT2D eigenvalue weighted by Gasteiger charge is -2.04. The number of hydrogen-bond donors (Lipinski definition) is 1. The molecule has 4 rings (SSSR count). The monoisotopic (exact) mass is 336 g/mol. The third-order valence-corrected chi connectivity index (χ3v) is 4.63. The highest BCUT2D eigenvalue weighted by Gasteiger charge is 2.09. The summed E-state index contributed by atoms with van der Waals surface area (Å²) in [5, 5.41) is 15.0. The molecule has 8 heteroatoms. The maximum atomic E-state index is 12.2. The van der Waals surface area contributed by atoms with Crippen LogP contribution in [0.1, 0.15) is 11.5 Å². The lowest BCUT2D eigenvalue weighted by Crippen LogP contribution is -2.06. The minimum Gasteiger partial charge on any atom is -0.267 e. The molecule has 3 aromatic heterocycles. The first-order valence-electron chi connectivity index (χ1n) is 7.38. The molecule has 0 aliphatic rings. The van der Waals surface area contributed by atoms with Gasteiger partial charge in [-0.05, 0) is 41.1 Å². The van der Waals surface area contributed by atoms with Gasteiger partial charge in [-0.3, -0.25) is 9.78 Å². The van der Waals surface area contributed by atoms with Crippen LogP contribution in [-0.2, 0) is 12.8 Å². The molecular weight excluding hydrogens is 324 g/mol. The van der Waals surface area contributed by atoms with Crippen LogP contribution in [0.2, 0.25) is 0 Å². The SMILES string of the molecule is O=c1nc(-c2cccc(CCc3nnn[nH]3)n2)sc2ccccc12. The average Bonchev–Trinajstić information content (AvgIpc) is 3.14. The van der Waals surface area contributed by atoms with Crippen molar-refractivity contribution in [2.45, 2.75) is 12.8 Å². The van der Waals surface area contributed by atoms with Crippen LogP contribution in [0.15, 0.2) is 47.3 Å². The summed E-state index contributed by atoms with van der Waals surface area (Å²) in [5.74, 6) is 0.718. The largest absolute Gasteiger partial charge is 0.279 e. The second kappa shape index (κ2) is 6.25. The van der Waals surface area contributed by atoms with Gasteiger partial charge in [-0.25, -0.2) is 5.10 Å². The van der Waals surface area contributed by atoms with E-state index in [0.29, 0.717) is 28.9 Å². The summed E-state index contributed by atoms with van der Waals surface area (Å²) >= 11 is 1.47. The average molecular weight is 336 g/mol. The Kier molecular flexibility index (Phi) is 3.80. The van der Waals surface area contributed by atoms with Crippen molar-refractivity contribution in [2.75, 3.05) is 0 Å². The number of hydrogen-bond acceptors (Lipinski definition) is 7. The van der Waals surface area contributed by atoms with Gasteiger partial charge in [0.2, 0.25) is 0 Å². The maximum Gasteiger partial charge on any atom is 0.279 e. The second-order valence-electron chi connectivity index (χ2n) is 5.18. The molecule has 24 heavy (non-hydrogen) atoms. The van der Waals surface area contributed by atoms with E-state index >= 15 is 0 Å². The summed E-state index contributed by atoms with van der Waals surface area (Å²) in [5.41, 5.74) is 1.38. The second-order valence-corrected chi connectivity index (χ2v) is 6.21. The first kappa shape index (κ1) is 14.6. The van der Waals surface area contributed by atoms with Gasteiger partial charge in [0, 0.05) is 16.8 Å². The highest BCUT2D eigenvalue weighted by molar-refractivity contribution is 7.21. The quantitative estimate of drug-likeness (QED) is 0.612. The van der Waals surface area contributed by atoms with Gasteiger partial charge in [0.05, 0.1) is 11.1 Å². The Morgan fingerprint density at radius 2 is 1.92 bits per heavy atom. The van der Waals surface area contributed by atoms with E-state index in [1.54, 1.807) is 6.07 Å². The molecule has 7 nitrogen and oxygen atoms in total. The van der Waals surface area contributed by atoms with Gasteiger partial charge in [0.1, 0.15) is 10.8 Å². The number of H-pyrrole nitrogens is 1. The molecule has 4 aromatic rings. The van der Waals surface area contributed by atoms with Crippen molar-refractivity contribution in [3.05, 3.63) is 64.3 Å². The first-order valence-corrected chi connectivity index (χ1v) is 8.20. The number of nitrogens with zero attached hydrogens (tertiary/aromatic N) is 5. The van der Waals surface area contributed by atoms with Crippen LogP contribution in [0.3, 0.4) is 0 Å². The molecule has 1 aromatic carbocycles. The van der Waals surface area contributed by atoms with Gasteiger partial charge in [-0.1, -0.05) is 18.2 Å². The van der Waals surface area contributed by atoms with Gasteiger partial charge in [-0.2, -0.15) is 4.98 Å². The third kappa shape index (κ3) is 2.91. The molecule has 0 saturated heterocycles. The molecule has 0 amide bonds. The predicted octanol–water partition coefficient (Wildman–Crippen LogP) is 2.02. The van der Waals surface area contributed by atoms with Crippen LogP contribution < -0.4 is 5.56 Å². The van der Waals surface area contributed by atoms with Crippen molar-refractivity contribution in [3.63, 3.8) is 0 Å². The van der Waals surface area contributed by atoms with Crippen molar-refractivity contribution in [2.24, 2.45) is 0 Å². The molecule has 0 spiro atoms. The Labute approximate surface area is 140 Å². The number of fused-ring (bicyclic) bond motifs is 1.